The molecule has 1 aromatic carbocycles. The standard InChI is InChI=1S/C13H11ClN4/c14-12-9-16-10-13(17-12)18(8-4-7-15)11-5-2-1-3-6-11/h1-3,5-6,9-10H,4,8H2. The Morgan fingerprint density at radius 3 is 2.67 bits per heavy atom. The van der Waals surface area contributed by atoms with Crippen molar-refractivity contribution in [2.24, 2.45) is 0 Å². The normalized spacial score (nSPS) is 9.78. The molecule has 18 heavy (non-hydrogen) atoms. The van der Waals surface area contributed by atoms with Gasteiger partial charge in [-0.3, -0.25) is 4.98 Å². The summed E-state index contributed by atoms with van der Waals surface area (Å²) in [7, 11) is 0. The molecule has 0 atom stereocenters. The van der Waals surface area contributed by atoms with Crippen LogP contribution >= 0.6 is 11.6 Å². The van der Waals surface area contributed by atoms with Crippen molar-refractivity contribution in [3.8, 4) is 6.07 Å². The maximum atomic E-state index is 8.72. The van der Waals surface area contributed by atoms with E-state index < -0.39 is 0 Å². The molecule has 90 valence electrons. The molecular formula is C13H11ClN4. The smallest absolute Gasteiger partial charge is 0.153 e. The van der Waals surface area contributed by atoms with Crippen molar-refractivity contribution in [3.05, 3.63) is 47.9 Å². The molecular weight excluding hydrogens is 248 g/mol. The largest absolute Gasteiger partial charge is 0.324 e. The number of hydrogen-bond donors (Lipinski definition) is 0. The fraction of sp³-hybridized carbons (Fsp3) is 0.154. The quantitative estimate of drug-likeness (QED) is 0.845. The molecule has 0 N–H and O–H groups in total. The summed E-state index contributed by atoms with van der Waals surface area (Å²) in [5, 5.41) is 9.06. The number of benzene rings is 1. The molecule has 0 radical (unpaired) electrons. The number of anilines is 2. The summed E-state index contributed by atoms with van der Waals surface area (Å²) in [6.07, 6.45) is 3.53. The third kappa shape index (κ3) is 2.96. The van der Waals surface area contributed by atoms with E-state index in [1.165, 1.54) is 6.20 Å². The van der Waals surface area contributed by atoms with Gasteiger partial charge in [0.15, 0.2) is 5.82 Å². The van der Waals surface area contributed by atoms with E-state index in [0.717, 1.165) is 5.69 Å². The molecule has 5 heteroatoms. The maximum Gasteiger partial charge on any atom is 0.153 e. The van der Waals surface area contributed by atoms with Crippen LogP contribution in [-0.2, 0) is 0 Å². The molecule has 0 aliphatic heterocycles. The molecule has 2 rings (SSSR count). The van der Waals surface area contributed by atoms with Crippen molar-refractivity contribution < 1.29 is 0 Å². The molecule has 1 heterocycles. The molecule has 4 nitrogen and oxygen atoms in total. The van der Waals surface area contributed by atoms with Gasteiger partial charge in [0, 0.05) is 12.2 Å². The molecule has 2 aromatic rings. The monoisotopic (exact) mass is 258 g/mol. The Hall–Kier alpha value is -2.12. The summed E-state index contributed by atoms with van der Waals surface area (Å²) in [6, 6.07) is 11.9. The van der Waals surface area contributed by atoms with Gasteiger partial charge < -0.3 is 4.90 Å². The molecule has 0 unspecified atom stereocenters. The molecule has 0 spiro atoms. The lowest BCUT2D eigenvalue weighted by molar-refractivity contribution is 0.919. The molecule has 0 saturated carbocycles. The summed E-state index contributed by atoms with van der Waals surface area (Å²) in [5.41, 5.74) is 0.962. The summed E-state index contributed by atoms with van der Waals surface area (Å²) in [6.45, 7) is 0.551. The van der Waals surface area contributed by atoms with Gasteiger partial charge >= 0.3 is 0 Å². The molecule has 0 bridgehead atoms. The Balaban J connectivity index is 2.34. The van der Waals surface area contributed by atoms with Gasteiger partial charge in [-0.25, -0.2) is 4.98 Å². The number of aromatic nitrogens is 2. The lowest BCUT2D eigenvalue weighted by Gasteiger charge is -2.22. The number of para-hydroxylation sites is 1. The lowest BCUT2D eigenvalue weighted by Crippen LogP contribution is -2.19. The SMILES string of the molecule is N#CCCN(c1ccccc1)c1cncc(Cl)n1. The zero-order valence-corrected chi connectivity index (χ0v) is 10.4. The molecule has 0 saturated heterocycles. The van der Waals surface area contributed by atoms with Crippen LogP contribution in [-0.4, -0.2) is 16.5 Å². The zero-order valence-electron chi connectivity index (χ0n) is 9.62. The van der Waals surface area contributed by atoms with Crippen LogP contribution in [0.4, 0.5) is 11.5 Å². The first-order valence-electron chi connectivity index (χ1n) is 5.48. The fourth-order valence-electron chi connectivity index (χ4n) is 1.61. The van der Waals surface area contributed by atoms with Gasteiger partial charge in [-0.05, 0) is 12.1 Å². The summed E-state index contributed by atoms with van der Waals surface area (Å²) >= 11 is 5.85. The number of nitrogens with zero attached hydrogens (tertiary/aromatic N) is 4. The van der Waals surface area contributed by atoms with Crippen molar-refractivity contribution >= 4 is 23.1 Å². The number of hydrogen-bond acceptors (Lipinski definition) is 4. The molecule has 0 amide bonds. The van der Waals surface area contributed by atoms with Crippen LogP contribution in [0.1, 0.15) is 6.42 Å². The first-order chi connectivity index (χ1) is 8.81. The summed E-state index contributed by atoms with van der Waals surface area (Å²) in [5.74, 6) is 0.643. The van der Waals surface area contributed by atoms with Crippen molar-refractivity contribution in [1.29, 1.82) is 5.26 Å². The lowest BCUT2D eigenvalue weighted by atomic mass is 10.2. The van der Waals surface area contributed by atoms with Crippen LogP contribution < -0.4 is 4.90 Å². The predicted octanol–water partition coefficient (Wildman–Crippen LogP) is 3.18. The van der Waals surface area contributed by atoms with Crippen molar-refractivity contribution in [2.45, 2.75) is 6.42 Å². The van der Waals surface area contributed by atoms with Gasteiger partial charge in [-0.2, -0.15) is 5.26 Å². The Morgan fingerprint density at radius 2 is 2.00 bits per heavy atom. The Bertz CT molecular complexity index is 550. The third-order valence-electron chi connectivity index (χ3n) is 2.38. The van der Waals surface area contributed by atoms with Crippen molar-refractivity contribution in [1.82, 2.24) is 9.97 Å². The Morgan fingerprint density at radius 1 is 1.22 bits per heavy atom. The average Bonchev–Trinajstić information content (AvgIpc) is 2.40. The second-order valence-electron chi connectivity index (χ2n) is 3.60. The minimum Gasteiger partial charge on any atom is -0.324 e. The summed E-state index contributed by atoms with van der Waals surface area (Å²) < 4.78 is 0. The topological polar surface area (TPSA) is 52.8 Å². The van der Waals surface area contributed by atoms with E-state index in [1.807, 2.05) is 35.2 Å². The van der Waals surface area contributed by atoms with E-state index in [9.17, 15) is 0 Å². The van der Waals surface area contributed by atoms with Crippen LogP contribution in [0.3, 0.4) is 0 Å². The zero-order chi connectivity index (χ0) is 12.8. The van der Waals surface area contributed by atoms with Gasteiger partial charge in [-0.15, -0.1) is 0 Å². The highest BCUT2D eigenvalue weighted by Crippen LogP contribution is 2.23. The average molecular weight is 259 g/mol. The van der Waals surface area contributed by atoms with E-state index in [4.69, 9.17) is 16.9 Å². The minimum absolute atomic E-state index is 0.338. The first kappa shape index (κ1) is 12.3. The third-order valence-corrected chi connectivity index (χ3v) is 2.57. The van der Waals surface area contributed by atoms with Crippen LogP contribution in [0, 0.1) is 11.3 Å². The molecule has 0 aliphatic carbocycles. The molecule has 0 fully saturated rings. The van der Waals surface area contributed by atoms with E-state index in [0.29, 0.717) is 23.9 Å². The van der Waals surface area contributed by atoms with E-state index in [1.54, 1.807) is 6.20 Å². The predicted molar refractivity (Wildman–Crippen MR) is 70.7 cm³/mol. The second-order valence-corrected chi connectivity index (χ2v) is 3.98. The molecule has 0 aliphatic rings. The van der Waals surface area contributed by atoms with Crippen LogP contribution in [0.15, 0.2) is 42.7 Å². The highest BCUT2D eigenvalue weighted by atomic mass is 35.5. The molecule has 1 aromatic heterocycles. The van der Waals surface area contributed by atoms with Gasteiger partial charge in [-0.1, -0.05) is 29.8 Å². The highest BCUT2D eigenvalue weighted by Gasteiger charge is 2.10. The van der Waals surface area contributed by atoms with Crippen LogP contribution in [0.25, 0.3) is 0 Å². The van der Waals surface area contributed by atoms with Gasteiger partial charge in [0.2, 0.25) is 0 Å². The van der Waals surface area contributed by atoms with Crippen molar-refractivity contribution in [2.75, 3.05) is 11.4 Å². The van der Waals surface area contributed by atoms with Crippen LogP contribution in [0.2, 0.25) is 5.15 Å². The maximum absolute atomic E-state index is 8.72. The van der Waals surface area contributed by atoms with Crippen molar-refractivity contribution in [3.63, 3.8) is 0 Å². The number of halogens is 1. The summed E-state index contributed by atoms with van der Waals surface area (Å²) in [4.78, 5) is 10.2. The van der Waals surface area contributed by atoms with Crippen LogP contribution in [0.5, 0.6) is 0 Å². The van der Waals surface area contributed by atoms with E-state index >= 15 is 0 Å². The first-order valence-corrected chi connectivity index (χ1v) is 5.86. The van der Waals surface area contributed by atoms with Gasteiger partial charge in [0.25, 0.3) is 0 Å². The Labute approximate surface area is 110 Å². The number of rotatable bonds is 4. The van der Waals surface area contributed by atoms with Gasteiger partial charge in [0.1, 0.15) is 5.15 Å². The fourth-order valence-corrected chi connectivity index (χ4v) is 1.75. The van der Waals surface area contributed by atoms with E-state index in [2.05, 4.69) is 16.0 Å². The Kier molecular flexibility index (Phi) is 4.11. The second kappa shape index (κ2) is 5.99. The van der Waals surface area contributed by atoms with E-state index in [-0.39, 0.29) is 0 Å². The minimum atomic E-state index is 0.338. The number of nitriles is 1. The van der Waals surface area contributed by atoms with Gasteiger partial charge in [0.05, 0.1) is 24.9 Å². The highest BCUT2D eigenvalue weighted by molar-refractivity contribution is 6.29.